The number of carbonyl (C=O) groups is 3. The normalized spacial score (nSPS) is 20.8. The Balaban J connectivity index is 0.692. The summed E-state index contributed by atoms with van der Waals surface area (Å²) in [7, 11) is 2.16. The molecule has 17 nitrogen and oxygen atoms in total. The highest BCUT2D eigenvalue weighted by molar-refractivity contribution is 7.13. The number of phenols is 1. The first kappa shape index (κ1) is 61.4. The van der Waals surface area contributed by atoms with Crippen LogP contribution >= 0.6 is 22.9 Å². The number of hydrogen-bond donors (Lipinski definition) is 4. The van der Waals surface area contributed by atoms with E-state index in [4.69, 9.17) is 31.0 Å². The van der Waals surface area contributed by atoms with Crippen LogP contribution in [0, 0.1) is 24.1 Å². The van der Waals surface area contributed by atoms with Crippen LogP contribution in [-0.4, -0.2) is 171 Å². The van der Waals surface area contributed by atoms with Crippen molar-refractivity contribution in [2.24, 2.45) is 11.3 Å². The summed E-state index contributed by atoms with van der Waals surface area (Å²) >= 11 is 8.58. The van der Waals surface area contributed by atoms with Crippen LogP contribution in [0.15, 0.2) is 97.2 Å². The molecule has 2 aromatic heterocycles. The third-order valence-electron chi connectivity index (χ3n) is 17.4. The Labute approximate surface area is 506 Å². The Hall–Kier alpha value is -6.74. The summed E-state index contributed by atoms with van der Waals surface area (Å²) in [4.78, 5) is 65.7. The SMILES string of the molecule is C=CC(=O)N1CCN(c2nc(O[C@H](C)CN3CCC(CN(C)C4CC(OCC(=O)N[C@H](C(=O)N5C[C@H](O)C[C@H]5C(=C)N[C@@H](C)c5ccc(-c6scnc6C)cc5)C(C)(C)C)C4)CC3)nc3c(F)c(-c4cc(O)cc5ccccc45)c(Cl)cc23)CC1. The molecular weight excluding hydrogens is 1120 g/mol. The Kier molecular flexibility index (Phi) is 18.8. The van der Waals surface area contributed by atoms with Crippen LogP contribution in [0.25, 0.3) is 43.2 Å². The molecule has 4 aromatic carbocycles. The average Bonchev–Trinajstić information content (AvgIpc) is 1.57. The van der Waals surface area contributed by atoms with Gasteiger partial charge in [-0.25, -0.2) is 9.37 Å². The van der Waals surface area contributed by atoms with Gasteiger partial charge >= 0.3 is 6.01 Å². The van der Waals surface area contributed by atoms with Gasteiger partial charge in [0.1, 0.15) is 35.8 Å². The van der Waals surface area contributed by atoms with Crippen LogP contribution in [0.1, 0.15) is 84.0 Å². The molecule has 452 valence electrons. The smallest absolute Gasteiger partial charge is 0.319 e. The average molecular weight is 1200 g/mol. The van der Waals surface area contributed by atoms with Crippen molar-refractivity contribution in [2.45, 2.75) is 116 Å². The van der Waals surface area contributed by atoms with Gasteiger partial charge in [0, 0.05) is 81.0 Å². The number of ether oxygens (including phenoxy) is 2. The van der Waals surface area contributed by atoms with Gasteiger partial charge in [0.2, 0.25) is 17.7 Å². The fraction of sp³-hybridized carbons (Fsp3) is 0.477. The highest BCUT2D eigenvalue weighted by Crippen LogP contribution is 2.43. The molecule has 3 saturated heterocycles. The molecule has 4 aliphatic rings. The zero-order valence-electron chi connectivity index (χ0n) is 49.8. The molecule has 4 fully saturated rings. The van der Waals surface area contributed by atoms with E-state index in [-0.39, 0.29) is 77.0 Å². The molecule has 4 N–H and O–H groups in total. The molecule has 0 spiro atoms. The van der Waals surface area contributed by atoms with Crippen LogP contribution in [0.2, 0.25) is 5.02 Å². The van der Waals surface area contributed by atoms with Gasteiger partial charge in [0.05, 0.1) is 39.4 Å². The van der Waals surface area contributed by atoms with Gasteiger partial charge in [0.15, 0.2) is 5.82 Å². The maximum Gasteiger partial charge on any atom is 0.319 e. The molecule has 0 radical (unpaired) electrons. The number of piperidine rings is 1. The van der Waals surface area contributed by atoms with E-state index in [2.05, 4.69) is 69.9 Å². The monoisotopic (exact) mass is 1200 g/mol. The van der Waals surface area contributed by atoms with E-state index in [1.807, 2.05) is 76.2 Å². The van der Waals surface area contributed by atoms with Gasteiger partial charge < -0.3 is 49.9 Å². The molecule has 85 heavy (non-hydrogen) atoms. The number of nitrogens with zero attached hydrogens (tertiary/aromatic N) is 8. The van der Waals surface area contributed by atoms with E-state index >= 15 is 4.39 Å². The minimum absolute atomic E-state index is 0.0198. The number of aromatic nitrogens is 3. The highest BCUT2D eigenvalue weighted by atomic mass is 35.5. The van der Waals surface area contributed by atoms with Crippen LogP contribution in [0.3, 0.4) is 0 Å². The molecule has 3 amide bonds. The number of rotatable bonds is 20. The number of aliphatic hydroxyl groups is 1. The molecule has 5 atom stereocenters. The van der Waals surface area contributed by atoms with E-state index in [1.54, 1.807) is 33.3 Å². The first-order chi connectivity index (χ1) is 40.6. The number of piperazine rings is 1. The Bertz CT molecular complexity index is 3430. The molecule has 20 heteroatoms. The predicted octanol–water partition coefficient (Wildman–Crippen LogP) is 9.53. The van der Waals surface area contributed by atoms with Gasteiger partial charge in [0.25, 0.3) is 0 Å². The van der Waals surface area contributed by atoms with Gasteiger partial charge in [-0.1, -0.05) is 94.1 Å². The number of phenolic OH excluding ortho intramolecular Hbond substituents is 1. The Morgan fingerprint density at radius 1 is 0.965 bits per heavy atom. The minimum atomic E-state index is -0.852. The van der Waals surface area contributed by atoms with Gasteiger partial charge in [-0.2, -0.15) is 9.97 Å². The summed E-state index contributed by atoms with van der Waals surface area (Å²) in [5.41, 5.74) is 5.62. The maximum atomic E-state index is 17.2. The Morgan fingerprint density at radius 3 is 2.36 bits per heavy atom. The molecule has 1 saturated carbocycles. The van der Waals surface area contributed by atoms with Crippen molar-refractivity contribution >= 4 is 68.2 Å². The zero-order valence-corrected chi connectivity index (χ0v) is 51.4. The Morgan fingerprint density at radius 2 is 1.68 bits per heavy atom. The fourth-order valence-corrected chi connectivity index (χ4v) is 13.7. The van der Waals surface area contributed by atoms with Gasteiger partial charge in [-0.3, -0.25) is 19.3 Å². The molecule has 0 bridgehead atoms. The number of aromatic hydroxyl groups is 1. The molecule has 10 rings (SSSR count). The van der Waals surface area contributed by atoms with E-state index in [9.17, 15) is 24.6 Å². The molecule has 1 aliphatic carbocycles. The van der Waals surface area contributed by atoms with Gasteiger partial charge in [-0.05, 0) is 130 Å². The third-order valence-corrected chi connectivity index (χ3v) is 18.7. The minimum Gasteiger partial charge on any atom is -0.508 e. The standard InChI is InChI=1S/C65H80ClFN10O7S/c1-10-56(81)75-23-25-76(26-24-75)62-52-32-53(66)57(51-30-47(78)27-45-13-11-12-14-50(45)51)58(67)59(52)71-64(72-62)84-38(2)33-74-21-19-42(20-22-74)34-73(9)46-28-49(29-46)83-36-55(80)70-61(65(6,7)8)63(82)77-35-48(79)31-54(77)40(4)69-39(3)43-15-17-44(18-16-43)60-41(5)68-37-85-60/h10-18,27,30,32,37-39,42,46,48-49,54,61,69,78-79H,1,4,19-26,28-29,31,33-36H2,2-3,5-9H3,(H,70,80)/t38-,39+,46?,48-,49?,54+,61-/m1/s1. The number of hydrogen-bond acceptors (Lipinski definition) is 15. The third kappa shape index (κ3) is 13.9. The summed E-state index contributed by atoms with van der Waals surface area (Å²) in [6, 6.07) is 19.5. The molecule has 3 aliphatic heterocycles. The summed E-state index contributed by atoms with van der Waals surface area (Å²) < 4.78 is 29.8. The number of carbonyl (C=O) groups excluding carboxylic acids is 3. The topological polar surface area (TPSA) is 189 Å². The number of aliphatic hydroxyl groups excluding tert-OH is 1. The van der Waals surface area contributed by atoms with Crippen molar-refractivity contribution in [1.29, 1.82) is 0 Å². The maximum absolute atomic E-state index is 17.2. The van der Waals surface area contributed by atoms with Crippen molar-refractivity contribution in [3.8, 4) is 33.3 Å². The van der Waals surface area contributed by atoms with Crippen molar-refractivity contribution in [1.82, 2.24) is 45.2 Å². The number of anilines is 1. The van der Waals surface area contributed by atoms with Crippen molar-refractivity contribution in [3.05, 3.63) is 119 Å². The van der Waals surface area contributed by atoms with Crippen LogP contribution in [0.5, 0.6) is 11.8 Å². The summed E-state index contributed by atoms with van der Waals surface area (Å²) in [5.74, 6) is -0.490. The summed E-state index contributed by atoms with van der Waals surface area (Å²) in [6.07, 6.45) is 4.16. The first-order valence-electron chi connectivity index (χ1n) is 29.6. The van der Waals surface area contributed by atoms with Crippen molar-refractivity contribution < 1.29 is 38.5 Å². The first-order valence-corrected chi connectivity index (χ1v) is 30.9. The lowest BCUT2D eigenvalue weighted by Gasteiger charge is -2.43. The molecular formula is C65H80ClFN10O7S. The number of amides is 3. The second-order valence-corrected chi connectivity index (χ2v) is 26.0. The second kappa shape index (κ2) is 26.1. The zero-order chi connectivity index (χ0) is 60.4. The highest BCUT2D eigenvalue weighted by Gasteiger charge is 2.44. The molecule has 6 aromatic rings. The lowest BCUT2D eigenvalue weighted by Crippen LogP contribution is -2.57. The van der Waals surface area contributed by atoms with Crippen LogP contribution in [-0.2, 0) is 19.1 Å². The van der Waals surface area contributed by atoms with E-state index < -0.39 is 29.4 Å². The van der Waals surface area contributed by atoms with Crippen LogP contribution in [0.4, 0.5) is 10.2 Å². The van der Waals surface area contributed by atoms with Crippen molar-refractivity contribution in [2.75, 3.05) is 77.5 Å². The number of fused-ring (bicyclic) bond motifs is 2. The van der Waals surface area contributed by atoms with Crippen molar-refractivity contribution in [3.63, 3.8) is 0 Å². The number of β-amino-alcohol motifs (C(OH)–C–C–N with tert-alkyl or cyclic N) is 1. The quantitative estimate of drug-likeness (QED) is 0.0529. The van der Waals surface area contributed by atoms with E-state index in [0.29, 0.717) is 73.6 Å². The lowest BCUT2D eigenvalue weighted by atomic mass is 9.85. The predicted molar refractivity (Wildman–Crippen MR) is 333 cm³/mol. The number of nitrogens with one attached hydrogen (secondary N) is 2. The van der Waals surface area contributed by atoms with Gasteiger partial charge in [-0.15, -0.1) is 11.3 Å². The molecule has 0 unspecified atom stereocenters. The largest absolute Gasteiger partial charge is 0.508 e. The summed E-state index contributed by atoms with van der Waals surface area (Å²) in [6.45, 7) is 24.8. The fourth-order valence-electron chi connectivity index (χ4n) is 12.6. The number of likely N-dealkylation sites (tertiary alicyclic amines) is 2. The number of thiazole rings is 1. The molecule has 5 heterocycles. The van der Waals surface area contributed by atoms with Crippen LogP contribution < -0.4 is 20.3 Å². The summed E-state index contributed by atoms with van der Waals surface area (Å²) in [5, 5.41) is 30.1. The van der Waals surface area contributed by atoms with E-state index in [1.165, 1.54) is 12.1 Å². The second-order valence-electron chi connectivity index (χ2n) is 24.7. The number of halogens is 2. The number of aryl methyl sites for hydroxylation is 1. The lowest BCUT2D eigenvalue weighted by molar-refractivity contribution is -0.143. The number of benzene rings is 4. The van der Waals surface area contributed by atoms with E-state index in [0.717, 1.165) is 77.8 Å².